The number of aryl methyl sites for hydroxylation is 2. The second kappa shape index (κ2) is 9.37. The van der Waals surface area contributed by atoms with Crippen LogP contribution >= 0.6 is 0 Å². The Hall–Kier alpha value is -4.17. The van der Waals surface area contributed by atoms with Gasteiger partial charge in [0.15, 0.2) is 5.82 Å². The van der Waals surface area contributed by atoms with Gasteiger partial charge in [0.25, 0.3) is 5.56 Å². The van der Waals surface area contributed by atoms with Crippen molar-refractivity contribution in [1.29, 1.82) is 0 Å². The van der Waals surface area contributed by atoms with Crippen molar-refractivity contribution in [2.24, 2.45) is 0 Å². The number of nitrogens with zero attached hydrogens (tertiary/aromatic N) is 5. The molecule has 0 fully saturated rings. The Morgan fingerprint density at radius 2 is 1.81 bits per heavy atom. The number of hydrogen-bond donors (Lipinski definition) is 1. The average molecular weight is 495 g/mol. The number of aromatic amines is 1. The lowest BCUT2D eigenvalue weighted by Gasteiger charge is -2.34. The standard InChI is InChI=1S/C29H27FN6O/c1-18-7-10-22-15-25(29(37)31-26(22)19(18)2)27(35-14-13-21-5-3-4-6-23(21)17-35)28-32-33-34-36(28)16-20-8-11-24(30)12-9-20/h3-12,15,27H,13-14,16-17H2,1-2H3,(H,31,37). The van der Waals surface area contributed by atoms with Crippen molar-refractivity contribution in [3.8, 4) is 0 Å². The molecule has 0 bridgehead atoms. The Balaban J connectivity index is 1.48. The third kappa shape index (κ3) is 4.34. The summed E-state index contributed by atoms with van der Waals surface area (Å²) in [6, 6.07) is 20.3. The zero-order chi connectivity index (χ0) is 25.5. The summed E-state index contributed by atoms with van der Waals surface area (Å²) in [5.74, 6) is 0.288. The quantitative estimate of drug-likeness (QED) is 0.390. The van der Waals surface area contributed by atoms with Crippen molar-refractivity contribution in [2.45, 2.75) is 39.4 Å². The van der Waals surface area contributed by atoms with Gasteiger partial charge in [0, 0.05) is 18.7 Å². The molecule has 1 aliphatic heterocycles. The zero-order valence-corrected chi connectivity index (χ0v) is 20.8. The molecule has 2 aromatic heterocycles. The number of benzene rings is 3. The van der Waals surface area contributed by atoms with Gasteiger partial charge in [-0.25, -0.2) is 9.07 Å². The molecule has 5 aromatic rings. The number of hydrogen-bond acceptors (Lipinski definition) is 5. The van der Waals surface area contributed by atoms with E-state index in [1.807, 2.05) is 32.0 Å². The second-order valence-electron chi connectivity index (χ2n) is 9.74. The lowest BCUT2D eigenvalue weighted by atomic mass is 9.95. The van der Waals surface area contributed by atoms with Gasteiger partial charge in [-0.1, -0.05) is 48.5 Å². The minimum absolute atomic E-state index is 0.151. The van der Waals surface area contributed by atoms with Gasteiger partial charge in [-0.2, -0.15) is 0 Å². The molecular formula is C29H27FN6O. The monoisotopic (exact) mass is 494 g/mol. The lowest BCUT2D eigenvalue weighted by molar-refractivity contribution is 0.194. The first-order valence-corrected chi connectivity index (χ1v) is 12.4. The first kappa shape index (κ1) is 23.2. The van der Waals surface area contributed by atoms with E-state index in [-0.39, 0.29) is 11.4 Å². The van der Waals surface area contributed by atoms with Gasteiger partial charge in [-0.3, -0.25) is 9.69 Å². The summed E-state index contributed by atoms with van der Waals surface area (Å²) in [7, 11) is 0. The molecule has 0 aliphatic carbocycles. The van der Waals surface area contributed by atoms with E-state index in [4.69, 9.17) is 0 Å². The van der Waals surface area contributed by atoms with E-state index in [0.717, 1.165) is 40.6 Å². The normalized spacial score (nSPS) is 14.6. The van der Waals surface area contributed by atoms with Gasteiger partial charge in [-0.05, 0) is 82.1 Å². The highest BCUT2D eigenvalue weighted by Gasteiger charge is 2.32. The topological polar surface area (TPSA) is 79.7 Å². The van der Waals surface area contributed by atoms with Gasteiger partial charge in [0.1, 0.15) is 11.9 Å². The Morgan fingerprint density at radius 1 is 1.03 bits per heavy atom. The third-order valence-electron chi connectivity index (χ3n) is 7.45. The zero-order valence-electron chi connectivity index (χ0n) is 20.8. The van der Waals surface area contributed by atoms with Gasteiger partial charge >= 0.3 is 0 Å². The minimum Gasteiger partial charge on any atom is -0.321 e. The van der Waals surface area contributed by atoms with Crippen LogP contribution in [0.1, 0.15) is 45.2 Å². The maximum Gasteiger partial charge on any atom is 0.253 e. The predicted octanol–water partition coefficient (Wildman–Crippen LogP) is 4.47. The van der Waals surface area contributed by atoms with Crippen molar-refractivity contribution in [2.75, 3.05) is 6.54 Å². The molecule has 1 unspecified atom stereocenters. The van der Waals surface area contributed by atoms with Crippen molar-refractivity contribution >= 4 is 10.9 Å². The average Bonchev–Trinajstić information content (AvgIpc) is 3.36. The van der Waals surface area contributed by atoms with E-state index in [2.05, 4.69) is 49.7 Å². The maximum absolute atomic E-state index is 13.6. The van der Waals surface area contributed by atoms with Crippen molar-refractivity contribution in [3.05, 3.63) is 122 Å². The summed E-state index contributed by atoms with van der Waals surface area (Å²) in [5, 5.41) is 13.6. The molecule has 1 N–H and O–H groups in total. The SMILES string of the molecule is Cc1ccc2cc(C(c3nnnn3Cc3ccc(F)cc3)N3CCc4ccccc4C3)c(=O)[nH]c2c1C. The summed E-state index contributed by atoms with van der Waals surface area (Å²) in [6.45, 7) is 5.87. The Labute approximate surface area is 213 Å². The molecule has 3 aromatic carbocycles. The van der Waals surface area contributed by atoms with Gasteiger partial charge in [0.05, 0.1) is 12.1 Å². The molecule has 0 amide bonds. The van der Waals surface area contributed by atoms with Crippen LogP contribution in [0.4, 0.5) is 4.39 Å². The van der Waals surface area contributed by atoms with Crippen LogP contribution in [0.3, 0.4) is 0 Å². The van der Waals surface area contributed by atoms with E-state index in [1.165, 1.54) is 23.3 Å². The molecule has 7 nitrogen and oxygen atoms in total. The van der Waals surface area contributed by atoms with Gasteiger partial charge < -0.3 is 4.98 Å². The molecule has 186 valence electrons. The molecule has 0 saturated heterocycles. The van der Waals surface area contributed by atoms with E-state index >= 15 is 0 Å². The number of nitrogens with one attached hydrogen (secondary N) is 1. The van der Waals surface area contributed by atoms with Crippen LogP contribution in [0.25, 0.3) is 10.9 Å². The van der Waals surface area contributed by atoms with Gasteiger partial charge in [0.2, 0.25) is 0 Å². The smallest absolute Gasteiger partial charge is 0.253 e. The van der Waals surface area contributed by atoms with Gasteiger partial charge in [-0.15, -0.1) is 5.10 Å². The molecule has 8 heteroatoms. The summed E-state index contributed by atoms with van der Waals surface area (Å²) in [6.07, 6.45) is 0.871. The van der Waals surface area contributed by atoms with E-state index in [1.54, 1.807) is 16.8 Å². The molecule has 1 atom stereocenters. The number of pyridine rings is 1. The first-order valence-electron chi connectivity index (χ1n) is 12.4. The fraction of sp³-hybridized carbons (Fsp3) is 0.241. The van der Waals surface area contributed by atoms with Crippen LogP contribution in [0.2, 0.25) is 0 Å². The van der Waals surface area contributed by atoms with Crippen molar-refractivity contribution in [3.63, 3.8) is 0 Å². The van der Waals surface area contributed by atoms with Crippen LogP contribution in [0.5, 0.6) is 0 Å². The predicted molar refractivity (Wildman–Crippen MR) is 140 cm³/mol. The molecule has 1 aliphatic rings. The Morgan fingerprint density at radius 3 is 2.62 bits per heavy atom. The van der Waals surface area contributed by atoms with Crippen LogP contribution in [0.15, 0.2) is 71.5 Å². The number of aromatic nitrogens is 5. The maximum atomic E-state index is 13.6. The van der Waals surface area contributed by atoms with Crippen LogP contribution in [-0.2, 0) is 19.5 Å². The molecular weight excluding hydrogens is 467 g/mol. The largest absolute Gasteiger partial charge is 0.321 e. The van der Waals surface area contributed by atoms with Crippen molar-refractivity contribution in [1.82, 2.24) is 30.1 Å². The summed E-state index contributed by atoms with van der Waals surface area (Å²) in [4.78, 5) is 19.0. The van der Waals surface area contributed by atoms with E-state index < -0.39 is 6.04 Å². The number of rotatable bonds is 5. The highest BCUT2D eigenvalue weighted by Crippen LogP contribution is 2.32. The first-order chi connectivity index (χ1) is 18.0. The molecule has 0 saturated carbocycles. The molecule has 37 heavy (non-hydrogen) atoms. The summed E-state index contributed by atoms with van der Waals surface area (Å²) < 4.78 is 15.2. The van der Waals surface area contributed by atoms with Crippen LogP contribution in [-0.4, -0.2) is 36.6 Å². The lowest BCUT2D eigenvalue weighted by Crippen LogP contribution is -2.38. The number of fused-ring (bicyclic) bond motifs is 2. The van der Waals surface area contributed by atoms with Crippen LogP contribution < -0.4 is 5.56 Å². The molecule has 0 spiro atoms. The number of H-pyrrole nitrogens is 1. The highest BCUT2D eigenvalue weighted by atomic mass is 19.1. The number of tetrazole rings is 1. The fourth-order valence-corrected chi connectivity index (χ4v) is 5.26. The molecule has 6 rings (SSSR count). The second-order valence-corrected chi connectivity index (χ2v) is 9.74. The molecule has 3 heterocycles. The van der Waals surface area contributed by atoms with E-state index in [0.29, 0.717) is 24.5 Å². The number of halogens is 1. The fourth-order valence-electron chi connectivity index (χ4n) is 5.26. The summed E-state index contributed by atoms with van der Waals surface area (Å²) >= 11 is 0. The summed E-state index contributed by atoms with van der Waals surface area (Å²) in [5.41, 5.74) is 6.92. The third-order valence-corrected chi connectivity index (χ3v) is 7.45. The highest BCUT2D eigenvalue weighted by molar-refractivity contribution is 5.83. The Kier molecular flexibility index (Phi) is 5.88. The molecule has 0 radical (unpaired) electrons. The minimum atomic E-state index is -0.460. The van der Waals surface area contributed by atoms with E-state index in [9.17, 15) is 9.18 Å². The Bertz CT molecular complexity index is 1660. The van der Waals surface area contributed by atoms with Crippen molar-refractivity contribution < 1.29 is 4.39 Å². The van der Waals surface area contributed by atoms with Crippen LogP contribution in [0, 0.1) is 19.7 Å².